The maximum absolute atomic E-state index is 12.0. The highest BCUT2D eigenvalue weighted by atomic mass is 35.5. The molecule has 0 spiro atoms. The van der Waals surface area contributed by atoms with Gasteiger partial charge < -0.3 is 16.0 Å². The maximum Gasteiger partial charge on any atom is 0.253 e. The van der Waals surface area contributed by atoms with E-state index in [1.165, 1.54) is 37.9 Å². The second-order valence-electron chi connectivity index (χ2n) is 5.26. The largest absolute Gasteiger partial charge is 0.384 e. The zero-order valence-electron chi connectivity index (χ0n) is 11.7. The van der Waals surface area contributed by atoms with Crippen LogP contribution in [0.1, 0.15) is 36.0 Å². The third-order valence-corrected chi connectivity index (χ3v) is 4.12. The molecular formula is C14H21ClN4O. The molecule has 1 aliphatic rings. The van der Waals surface area contributed by atoms with Gasteiger partial charge in [-0.05, 0) is 26.0 Å². The quantitative estimate of drug-likeness (QED) is 0.871. The molecule has 2 rings (SSSR count). The van der Waals surface area contributed by atoms with E-state index in [1.807, 2.05) is 0 Å². The molecule has 1 aromatic heterocycles. The summed E-state index contributed by atoms with van der Waals surface area (Å²) in [5, 5.41) is 3.19. The van der Waals surface area contributed by atoms with Crippen molar-refractivity contribution in [2.45, 2.75) is 31.7 Å². The molecule has 1 heterocycles. The van der Waals surface area contributed by atoms with Crippen molar-refractivity contribution in [1.82, 2.24) is 15.2 Å². The molecule has 0 aromatic carbocycles. The Balaban J connectivity index is 1.81. The summed E-state index contributed by atoms with van der Waals surface area (Å²) in [5.74, 6) is 0.0894. The molecule has 110 valence electrons. The topological polar surface area (TPSA) is 71.2 Å². The third kappa shape index (κ3) is 3.84. The summed E-state index contributed by atoms with van der Waals surface area (Å²) >= 11 is 5.95. The molecule has 1 aliphatic carbocycles. The summed E-state index contributed by atoms with van der Waals surface area (Å²) in [6.07, 6.45) is 6.55. The number of nitrogens with one attached hydrogen (secondary N) is 1. The van der Waals surface area contributed by atoms with Gasteiger partial charge in [0.25, 0.3) is 5.91 Å². The first-order valence-corrected chi connectivity index (χ1v) is 7.35. The van der Waals surface area contributed by atoms with E-state index in [1.54, 1.807) is 0 Å². The van der Waals surface area contributed by atoms with E-state index < -0.39 is 0 Å². The number of pyridine rings is 1. The van der Waals surface area contributed by atoms with Crippen molar-refractivity contribution in [2.75, 3.05) is 25.9 Å². The molecular weight excluding hydrogens is 276 g/mol. The lowest BCUT2D eigenvalue weighted by molar-refractivity contribution is 0.0947. The fourth-order valence-corrected chi connectivity index (χ4v) is 2.79. The number of carbonyl (C=O) groups is 1. The van der Waals surface area contributed by atoms with Crippen LogP contribution in [0.2, 0.25) is 5.02 Å². The van der Waals surface area contributed by atoms with E-state index in [0.29, 0.717) is 29.0 Å². The van der Waals surface area contributed by atoms with E-state index >= 15 is 0 Å². The summed E-state index contributed by atoms with van der Waals surface area (Å²) in [7, 11) is 2.11. The van der Waals surface area contributed by atoms with Gasteiger partial charge in [0.05, 0.1) is 10.6 Å². The zero-order chi connectivity index (χ0) is 14.5. The molecule has 1 saturated carbocycles. The first-order chi connectivity index (χ1) is 9.58. The molecule has 0 bridgehead atoms. The number of nitrogens with zero attached hydrogens (tertiary/aromatic N) is 2. The van der Waals surface area contributed by atoms with Gasteiger partial charge in [-0.2, -0.15) is 0 Å². The van der Waals surface area contributed by atoms with Crippen molar-refractivity contribution >= 4 is 23.3 Å². The van der Waals surface area contributed by atoms with Crippen molar-refractivity contribution in [2.24, 2.45) is 0 Å². The third-order valence-electron chi connectivity index (χ3n) is 3.82. The number of halogens is 1. The predicted molar refractivity (Wildman–Crippen MR) is 80.9 cm³/mol. The smallest absolute Gasteiger partial charge is 0.253 e. The number of rotatable bonds is 5. The molecule has 3 N–H and O–H groups in total. The molecule has 1 fully saturated rings. The van der Waals surface area contributed by atoms with Gasteiger partial charge in [-0.15, -0.1) is 0 Å². The first kappa shape index (κ1) is 15.1. The summed E-state index contributed by atoms with van der Waals surface area (Å²) in [6.45, 7) is 1.44. The minimum absolute atomic E-state index is 0.205. The van der Waals surface area contributed by atoms with Crippen molar-refractivity contribution in [1.29, 1.82) is 0 Å². The number of nitrogen functional groups attached to an aromatic ring is 1. The number of hydrogen-bond acceptors (Lipinski definition) is 4. The van der Waals surface area contributed by atoms with Gasteiger partial charge in [0, 0.05) is 25.3 Å². The summed E-state index contributed by atoms with van der Waals surface area (Å²) in [5.41, 5.74) is 5.94. The van der Waals surface area contributed by atoms with Crippen LogP contribution in [0.3, 0.4) is 0 Å². The predicted octanol–water partition coefficient (Wildman–Crippen LogP) is 1.92. The number of carbonyl (C=O) groups excluding carboxylic acids is 1. The number of aromatic nitrogens is 1. The Hall–Kier alpha value is -1.33. The SMILES string of the molecule is CN(CCNC(=O)c1cc(N)ncc1Cl)C1CCCC1. The summed E-state index contributed by atoms with van der Waals surface area (Å²) in [4.78, 5) is 18.2. The van der Waals surface area contributed by atoms with Crippen LogP contribution < -0.4 is 11.1 Å². The zero-order valence-corrected chi connectivity index (χ0v) is 12.5. The van der Waals surface area contributed by atoms with Gasteiger partial charge in [0.1, 0.15) is 5.82 Å². The Labute approximate surface area is 124 Å². The normalized spacial score (nSPS) is 15.8. The molecule has 0 saturated heterocycles. The van der Waals surface area contributed by atoms with E-state index in [0.717, 1.165) is 6.54 Å². The Bertz CT molecular complexity index is 474. The summed E-state index contributed by atoms with van der Waals surface area (Å²) < 4.78 is 0. The Kier molecular flexibility index (Phi) is 5.20. The van der Waals surface area contributed by atoms with Crippen LogP contribution >= 0.6 is 11.6 Å². The van der Waals surface area contributed by atoms with Crippen LogP contribution in [0.15, 0.2) is 12.3 Å². The first-order valence-electron chi connectivity index (χ1n) is 6.97. The van der Waals surface area contributed by atoms with Crippen LogP contribution in [0.5, 0.6) is 0 Å². The number of nitrogens with two attached hydrogens (primary N) is 1. The molecule has 0 aliphatic heterocycles. The van der Waals surface area contributed by atoms with Crippen molar-refractivity contribution in [3.05, 3.63) is 22.8 Å². The van der Waals surface area contributed by atoms with Crippen LogP contribution in [0.25, 0.3) is 0 Å². The van der Waals surface area contributed by atoms with Crippen LogP contribution in [0, 0.1) is 0 Å². The number of likely N-dealkylation sites (N-methyl/N-ethyl adjacent to an activating group) is 1. The highest BCUT2D eigenvalue weighted by molar-refractivity contribution is 6.33. The average molecular weight is 297 g/mol. The number of amides is 1. The second-order valence-corrected chi connectivity index (χ2v) is 5.67. The van der Waals surface area contributed by atoms with Gasteiger partial charge in [0.2, 0.25) is 0 Å². The molecule has 0 radical (unpaired) electrons. The molecule has 1 aromatic rings. The molecule has 6 heteroatoms. The van der Waals surface area contributed by atoms with Crippen LogP contribution in [-0.2, 0) is 0 Å². The Morgan fingerprint density at radius 1 is 1.55 bits per heavy atom. The van der Waals surface area contributed by atoms with E-state index in [9.17, 15) is 4.79 Å². The maximum atomic E-state index is 12.0. The van der Waals surface area contributed by atoms with E-state index in [4.69, 9.17) is 17.3 Å². The van der Waals surface area contributed by atoms with Crippen molar-refractivity contribution < 1.29 is 4.79 Å². The number of anilines is 1. The molecule has 5 nitrogen and oxygen atoms in total. The van der Waals surface area contributed by atoms with E-state index in [2.05, 4.69) is 22.2 Å². The molecule has 1 amide bonds. The summed E-state index contributed by atoms with van der Waals surface area (Å²) in [6, 6.07) is 2.16. The van der Waals surface area contributed by atoms with Crippen molar-refractivity contribution in [3.8, 4) is 0 Å². The molecule has 0 unspecified atom stereocenters. The van der Waals surface area contributed by atoms with Crippen molar-refractivity contribution in [3.63, 3.8) is 0 Å². The molecule has 0 atom stereocenters. The average Bonchev–Trinajstić information content (AvgIpc) is 2.95. The highest BCUT2D eigenvalue weighted by Gasteiger charge is 2.19. The fraction of sp³-hybridized carbons (Fsp3) is 0.571. The second kappa shape index (κ2) is 6.90. The lowest BCUT2D eigenvalue weighted by Crippen LogP contribution is -2.37. The van der Waals surface area contributed by atoms with Gasteiger partial charge in [-0.3, -0.25) is 4.79 Å². The monoisotopic (exact) mass is 296 g/mol. The van der Waals surface area contributed by atoms with Crippen LogP contribution in [0.4, 0.5) is 5.82 Å². The van der Waals surface area contributed by atoms with Gasteiger partial charge >= 0.3 is 0 Å². The number of hydrogen-bond donors (Lipinski definition) is 2. The Morgan fingerprint density at radius 2 is 2.25 bits per heavy atom. The highest BCUT2D eigenvalue weighted by Crippen LogP contribution is 2.22. The van der Waals surface area contributed by atoms with Gasteiger partial charge in [-0.25, -0.2) is 4.98 Å². The Morgan fingerprint density at radius 3 is 2.95 bits per heavy atom. The van der Waals surface area contributed by atoms with E-state index in [-0.39, 0.29) is 5.91 Å². The fourth-order valence-electron chi connectivity index (χ4n) is 2.60. The minimum atomic E-state index is -0.205. The standard InChI is InChI=1S/C14H21ClN4O/c1-19(10-4-2-3-5-10)7-6-17-14(20)11-8-13(16)18-9-12(11)15/h8-10H,2-7H2,1H3,(H2,16,18)(H,17,20). The van der Waals surface area contributed by atoms with Gasteiger partial charge in [0.15, 0.2) is 0 Å². The lowest BCUT2D eigenvalue weighted by atomic mass is 10.2. The molecule has 20 heavy (non-hydrogen) atoms. The van der Waals surface area contributed by atoms with Gasteiger partial charge in [-0.1, -0.05) is 24.4 Å². The minimum Gasteiger partial charge on any atom is -0.384 e. The lowest BCUT2D eigenvalue weighted by Gasteiger charge is -2.23. The van der Waals surface area contributed by atoms with Crippen LogP contribution in [-0.4, -0.2) is 42.0 Å².